The molecule has 0 fully saturated rings. The fraction of sp³-hybridized carbons (Fsp3) is 0.167. The van der Waals surface area contributed by atoms with Gasteiger partial charge in [0, 0.05) is 10.9 Å². The summed E-state index contributed by atoms with van der Waals surface area (Å²) in [7, 11) is 0. The van der Waals surface area contributed by atoms with E-state index in [4.69, 9.17) is 0 Å². The maximum atomic E-state index is 11.6. The van der Waals surface area contributed by atoms with Gasteiger partial charge in [0.2, 0.25) is 5.78 Å². The summed E-state index contributed by atoms with van der Waals surface area (Å²) in [6, 6.07) is 1.39. The number of halogens is 2. The minimum Gasteiger partial charge on any atom is -0.288 e. The van der Waals surface area contributed by atoms with Gasteiger partial charge in [0.1, 0.15) is 0 Å². The van der Waals surface area contributed by atoms with Crippen molar-refractivity contribution >= 4 is 17.1 Å². The van der Waals surface area contributed by atoms with Gasteiger partial charge >= 0.3 is 6.43 Å². The van der Waals surface area contributed by atoms with Gasteiger partial charge in [0.15, 0.2) is 0 Å². The number of alkyl halides is 2. The summed E-state index contributed by atoms with van der Waals surface area (Å²) in [5.41, 5.74) is 0.0972. The third-order valence-electron chi connectivity index (χ3n) is 1.00. The van der Waals surface area contributed by atoms with E-state index in [0.717, 1.165) is 0 Å². The Bertz CT molecular complexity index is 218. The van der Waals surface area contributed by atoms with Crippen molar-refractivity contribution in [2.24, 2.45) is 0 Å². The molecule has 0 aromatic carbocycles. The number of thiophene rings is 1. The second-order valence-electron chi connectivity index (χ2n) is 1.68. The molecule has 10 heavy (non-hydrogen) atoms. The van der Waals surface area contributed by atoms with Crippen molar-refractivity contribution in [2.75, 3.05) is 0 Å². The van der Waals surface area contributed by atoms with Crippen LogP contribution in [0.15, 0.2) is 16.8 Å². The molecule has 1 rings (SSSR count). The maximum Gasteiger partial charge on any atom is 0.300 e. The van der Waals surface area contributed by atoms with Crippen molar-refractivity contribution in [3.05, 3.63) is 22.4 Å². The highest BCUT2D eigenvalue weighted by molar-refractivity contribution is 7.08. The van der Waals surface area contributed by atoms with Crippen LogP contribution in [0.2, 0.25) is 0 Å². The van der Waals surface area contributed by atoms with Crippen molar-refractivity contribution in [3.8, 4) is 0 Å². The summed E-state index contributed by atoms with van der Waals surface area (Å²) in [5.74, 6) is -1.10. The van der Waals surface area contributed by atoms with Crippen molar-refractivity contribution < 1.29 is 13.6 Å². The zero-order valence-corrected chi connectivity index (χ0v) is 5.70. The van der Waals surface area contributed by atoms with Crippen LogP contribution in [0.25, 0.3) is 0 Å². The van der Waals surface area contributed by atoms with Crippen LogP contribution < -0.4 is 0 Å². The lowest BCUT2D eigenvalue weighted by Gasteiger charge is -1.91. The Balaban J connectivity index is 2.78. The van der Waals surface area contributed by atoms with Gasteiger partial charge in [-0.3, -0.25) is 4.79 Å². The van der Waals surface area contributed by atoms with Gasteiger partial charge in [0.25, 0.3) is 0 Å². The first-order valence-electron chi connectivity index (χ1n) is 2.56. The summed E-state index contributed by atoms with van der Waals surface area (Å²) >= 11 is 1.23. The van der Waals surface area contributed by atoms with Gasteiger partial charge < -0.3 is 0 Å². The van der Waals surface area contributed by atoms with Crippen LogP contribution in [-0.2, 0) is 0 Å². The average molecular weight is 162 g/mol. The Labute approximate surface area is 60.3 Å². The molecule has 0 atom stereocenters. The fourth-order valence-electron chi connectivity index (χ4n) is 0.531. The SMILES string of the molecule is O=C(c1ccsc1)C(F)F. The molecule has 54 valence electrons. The molecule has 1 heterocycles. The topological polar surface area (TPSA) is 17.1 Å². The molecule has 4 heteroatoms. The number of hydrogen-bond acceptors (Lipinski definition) is 2. The highest BCUT2D eigenvalue weighted by Crippen LogP contribution is 2.10. The molecule has 0 spiro atoms. The van der Waals surface area contributed by atoms with Crippen LogP contribution in [0, 0.1) is 0 Å². The minimum absolute atomic E-state index is 0.0972. The van der Waals surface area contributed by atoms with Crippen molar-refractivity contribution in [1.82, 2.24) is 0 Å². The second-order valence-corrected chi connectivity index (χ2v) is 2.46. The Morgan fingerprint density at radius 1 is 1.60 bits per heavy atom. The van der Waals surface area contributed by atoms with E-state index in [-0.39, 0.29) is 5.56 Å². The Kier molecular flexibility index (Phi) is 2.11. The van der Waals surface area contributed by atoms with Crippen LogP contribution in [0.1, 0.15) is 10.4 Å². The minimum atomic E-state index is -2.88. The van der Waals surface area contributed by atoms with E-state index in [1.54, 1.807) is 5.38 Å². The van der Waals surface area contributed by atoms with Gasteiger partial charge in [-0.1, -0.05) is 0 Å². The van der Waals surface area contributed by atoms with E-state index in [0.29, 0.717) is 0 Å². The number of carbonyl (C=O) groups is 1. The number of rotatable bonds is 2. The number of hydrogen-bond donors (Lipinski definition) is 0. The van der Waals surface area contributed by atoms with Gasteiger partial charge in [-0.25, -0.2) is 8.78 Å². The fourth-order valence-corrected chi connectivity index (χ4v) is 1.18. The van der Waals surface area contributed by atoms with Crippen molar-refractivity contribution in [1.29, 1.82) is 0 Å². The second kappa shape index (κ2) is 2.88. The standard InChI is InChI=1S/C6H4F2OS/c7-6(8)5(9)4-1-2-10-3-4/h1-3,6H. The first-order chi connectivity index (χ1) is 4.72. The van der Waals surface area contributed by atoms with E-state index < -0.39 is 12.2 Å². The predicted molar refractivity (Wildman–Crippen MR) is 34.7 cm³/mol. The molecule has 0 aliphatic heterocycles. The van der Waals surface area contributed by atoms with Gasteiger partial charge in [-0.05, 0) is 11.4 Å². The lowest BCUT2D eigenvalue weighted by atomic mass is 10.2. The normalized spacial score (nSPS) is 10.3. The molecule has 0 bridgehead atoms. The molecular formula is C6H4F2OS. The molecule has 0 aliphatic carbocycles. The Morgan fingerprint density at radius 2 is 2.30 bits per heavy atom. The third kappa shape index (κ3) is 1.39. The van der Waals surface area contributed by atoms with Crippen LogP contribution in [0.4, 0.5) is 8.78 Å². The number of ketones is 1. The summed E-state index contributed by atoms with van der Waals surface area (Å²) in [6.45, 7) is 0. The number of Topliss-reactive ketones (excluding diaryl/α,β-unsaturated/α-hetero) is 1. The van der Waals surface area contributed by atoms with Gasteiger partial charge in [-0.15, -0.1) is 0 Å². The maximum absolute atomic E-state index is 11.6. The molecule has 1 nitrogen and oxygen atoms in total. The smallest absolute Gasteiger partial charge is 0.288 e. The van der Waals surface area contributed by atoms with Crippen molar-refractivity contribution in [2.45, 2.75) is 6.43 Å². The lowest BCUT2D eigenvalue weighted by molar-refractivity contribution is 0.0679. The van der Waals surface area contributed by atoms with Crippen LogP contribution in [-0.4, -0.2) is 12.2 Å². The summed E-state index contributed by atoms with van der Waals surface area (Å²) in [4.78, 5) is 10.5. The lowest BCUT2D eigenvalue weighted by Crippen LogP contribution is -2.08. The largest absolute Gasteiger partial charge is 0.300 e. The van der Waals surface area contributed by atoms with Gasteiger partial charge in [-0.2, -0.15) is 11.3 Å². The molecule has 1 aromatic heterocycles. The summed E-state index contributed by atoms with van der Waals surface area (Å²) < 4.78 is 23.3. The van der Waals surface area contributed by atoms with E-state index in [1.165, 1.54) is 22.8 Å². The van der Waals surface area contributed by atoms with E-state index >= 15 is 0 Å². The molecule has 0 saturated heterocycles. The molecule has 0 aliphatic rings. The molecule has 0 radical (unpaired) electrons. The monoisotopic (exact) mass is 162 g/mol. The quantitative estimate of drug-likeness (QED) is 0.609. The molecule has 1 aromatic rings. The third-order valence-corrected chi connectivity index (χ3v) is 1.69. The first kappa shape index (κ1) is 7.34. The van der Waals surface area contributed by atoms with Crippen LogP contribution in [0.5, 0.6) is 0 Å². The summed E-state index contributed by atoms with van der Waals surface area (Å²) in [5, 5.41) is 3.00. The predicted octanol–water partition coefficient (Wildman–Crippen LogP) is 2.20. The van der Waals surface area contributed by atoms with Crippen LogP contribution >= 0.6 is 11.3 Å². The van der Waals surface area contributed by atoms with Gasteiger partial charge in [0.05, 0.1) is 0 Å². The Hall–Kier alpha value is -0.770. The van der Waals surface area contributed by atoms with Crippen LogP contribution in [0.3, 0.4) is 0 Å². The van der Waals surface area contributed by atoms with E-state index in [1.807, 2.05) is 0 Å². The summed E-state index contributed by atoms with van der Waals surface area (Å²) in [6.07, 6.45) is -2.88. The molecule has 0 saturated carbocycles. The number of carbonyl (C=O) groups excluding carboxylic acids is 1. The molecule has 0 N–H and O–H groups in total. The Morgan fingerprint density at radius 3 is 2.70 bits per heavy atom. The molecule has 0 amide bonds. The molecule has 0 unspecified atom stereocenters. The van der Waals surface area contributed by atoms with E-state index in [2.05, 4.69) is 0 Å². The highest BCUT2D eigenvalue weighted by atomic mass is 32.1. The molecular weight excluding hydrogens is 158 g/mol. The van der Waals surface area contributed by atoms with E-state index in [9.17, 15) is 13.6 Å². The zero-order chi connectivity index (χ0) is 7.56. The average Bonchev–Trinajstić information content (AvgIpc) is 2.36. The first-order valence-corrected chi connectivity index (χ1v) is 3.50. The van der Waals surface area contributed by atoms with Crippen molar-refractivity contribution in [3.63, 3.8) is 0 Å². The highest BCUT2D eigenvalue weighted by Gasteiger charge is 2.17. The zero-order valence-electron chi connectivity index (χ0n) is 4.88.